The van der Waals surface area contributed by atoms with Crippen LogP contribution >= 0.6 is 0 Å². The molecule has 5 aromatic carbocycles. The lowest BCUT2D eigenvalue weighted by atomic mass is 9.92. The molecule has 4 nitrogen and oxygen atoms in total. The maximum absolute atomic E-state index is 5.27. The first kappa shape index (κ1) is 31.6. The summed E-state index contributed by atoms with van der Waals surface area (Å²) < 4.78 is 4.80. The van der Waals surface area contributed by atoms with Crippen LogP contribution in [0.1, 0.15) is 101 Å². The highest BCUT2D eigenvalue weighted by molar-refractivity contribution is 5.86. The predicted molar refractivity (Wildman–Crippen MR) is 203 cm³/mol. The Morgan fingerprint density at radius 2 is 0.688 bits per heavy atom. The van der Waals surface area contributed by atoms with Gasteiger partial charge in [0, 0.05) is 11.1 Å². The van der Waals surface area contributed by atoms with Crippen LogP contribution in [0.4, 0.5) is 0 Å². The van der Waals surface area contributed by atoms with Gasteiger partial charge < -0.3 is 0 Å². The Kier molecular flexibility index (Phi) is 8.29. The van der Waals surface area contributed by atoms with Crippen molar-refractivity contribution in [3.05, 3.63) is 131 Å². The van der Waals surface area contributed by atoms with Gasteiger partial charge in [0.2, 0.25) is 0 Å². The predicted octanol–water partition coefficient (Wildman–Crippen LogP) is 12.2. The summed E-state index contributed by atoms with van der Waals surface area (Å²) in [7, 11) is 0. The van der Waals surface area contributed by atoms with Crippen LogP contribution < -0.4 is 0 Å². The first-order valence-electron chi connectivity index (χ1n) is 17.5. The average Bonchev–Trinajstić information content (AvgIpc) is 3.66. The Morgan fingerprint density at radius 1 is 0.375 bits per heavy atom. The normalized spacial score (nSPS) is 12.1. The third-order valence-electron chi connectivity index (χ3n) is 9.66. The molecule has 7 rings (SSSR count). The zero-order chi connectivity index (χ0) is 33.7. The van der Waals surface area contributed by atoms with E-state index in [1.165, 1.54) is 33.6 Å². The van der Waals surface area contributed by atoms with Crippen LogP contribution in [0.3, 0.4) is 0 Å². The number of aromatic nitrogens is 4. The number of benzene rings is 5. The minimum Gasteiger partial charge on any atom is -0.292 e. The summed E-state index contributed by atoms with van der Waals surface area (Å²) >= 11 is 0. The van der Waals surface area contributed by atoms with Gasteiger partial charge in [-0.05, 0) is 70.2 Å². The van der Waals surface area contributed by atoms with Crippen LogP contribution in [0.15, 0.2) is 109 Å². The number of nitrogens with zero attached hydrogens (tertiary/aromatic N) is 4. The third-order valence-corrected chi connectivity index (χ3v) is 9.66. The summed E-state index contributed by atoms with van der Waals surface area (Å²) in [5.74, 6) is 3.39. The molecule has 0 bridgehead atoms. The first-order chi connectivity index (χ1) is 23.2. The molecule has 0 radical (unpaired) electrons. The van der Waals surface area contributed by atoms with E-state index < -0.39 is 0 Å². The Hall–Kier alpha value is -4.96. The molecule has 0 N–H and O–H groups in total. The highest BCUT2D eigenvalue weighted by Crippen LogP contribution is 2.40. The standard InChI is InChI=1S/C44H46N4/c1-27(2)33-15-13-16-34(28(3)4)41(33)47-39-21-11-9-19-37(39)45-43(47)31-23-25-32(26-24-31)44-46-38-20-10-12-22-40(38)48(44)42-35(29(5)6)17-14-18-36(42)30(7)8/h9-30H,1-8H3. The SMILES string of the molecule is CC(C)c1cccc(C(C)C)c1-n1c(-c2ccc(-c3nc4ccccc4n3-c3c(C(C)C)cccc3C(C)C)cc2)nc2ccccc21. The molecule has 7 aromatic rings. The van der Waals surface area contributed by atoms with Crippen molar-refractivity contribution in [3.63, 3.8) is 0 Å². The van der Waals surface area contributed by atoms with Crippen LogP contribution in [0.5, 0.6) is 0 Å². The van der Waals surface area contributed by atoms with E-state index >= 15 is 0 Å². The summed E-state index contributed by atoms with van der Waals surface area (Å²) in [4.78, 5) is 10.5. The minimum atomic E-state index is 0.368. The molecule has 0 saturated carbocycles. The second kappa shape index (κ2) is 12.6. The molecular formula is C44H46N4. The van der Waals surface area contributed by atoms with E-state index in [9.17, 15) is 0 Å². The summed E-state index contributed by atoms with van der Waals surface area (Å²) in [5.41, 5.74) is 14.2. The van der Waals surface area contributed by atoms with Gasteiger partial charge in [0.25, 0.3) is 0 Å². The molecule has 0 atom stereocenters. The Morgan fingerprint density at radius 3 is 1.00 bits per heavy atom. The second-order valence-corrected chi connectivity index (χ2v) is 14.3. The van der Waals surface area contributed by atoms with Crippen molar-refractivity contribution in [3.8, 4) is 34.2 Å². The lowest BCUT2D eigenvalue weighted by molar-refractivity contribution is 0.810. The molecule has 48 heavy (non-hydrogen) atoms. The fourth-order valence-electron chi connectivity index (χ4n) is 7.20. The molecule has 0 fully saturated rings. The Balaban J connectivity index is 1.45. The minimum absolute atomic E-state index is 0.368. The highest BCUT2D eigenvalue weighted by Gasteiger charge is 2.24. The molecule has 2 heterocycles. The van der Waals surface area contributed by atoms with E-state index in [0.717, 1.165) is 44.8 Å². The Labute approximate surface area is 285 Å². The van der Waals surface area contributed by atoms with Gasteiger partial charge >= 0.3 is 0 Å². The number of fused-ring (bicyclic) bond motifs is 2. The maximum Gasteiger partial charge on any atom is 0.145 e. The molecule has 0 unspecified atom stereocenters. The molecule has 0 aliphatic carbocycles. The van der Waals surface area contributed by atoms with Gasteiger partial charge in [-0.2, -0.15) is 0 Å². The van der Waals surface area contributed by atoms with Crippen molar-refractivity contribution in [1.82, 2.24) is 19.1 Å². The third kappa shape index (κ3) is 5.34. The molecule has 2 aromatic heterocycles. The maximum atomic E-state index is 5.27. The number of rotatable bonds is 8. The lowest BCUT2D eigenvalue weighted by Crippen LogP contribution is -2.09. The second-order valence-electron chi connectivity index (χ2n) is 14.3. The smallest absolute Gasteiger partial charge is 0.145 e. The van der Waals surface area contributed by atoms with Crippen LogP contribution in [-0.2, 0) is 0 Å². The van der Waals surface area contributed by atoms with Gasteiger partial charge in [0.15, 0.2) is 0 Å². The van der Waals surface area contributed by atoms with E-state index in [4.69, 9.17) is 9.97 Å². The van der Waals surface area contributed by atoms with Gasteiger partial charge in [-0.1, -0.05) is 140 Å². The van der Waals surface area contributed by atoms with Gasteiger partial charge in [-0.25, -0.2) is 9.97 Å². The first-order valence-corrected chi connectivity index (χ1v) is 17.5. The highest BCUT2D eigenvalue weighted by atomic mass is 15.1. The van der Waals surface area contributed by atoms with Crippen molar-refractivity contribution in [2.24, 2.45) is 0 Å². The van der Waals surface area contributed by atoms with Gasteiger partial charge in [0.1, 0.15) is 11.6 Å². The number of para-hydroxylation sites is 6. The van der Waals surface area contributed by atoms with Crippen LogP contribution in [0.25, 0.3) is 56.2 Å². The summed E-state index contributed by atoms with van der Waals surface area (Å²) in [6.45, 7) is 18.3. The van der Waals surface area contributed by atoms with Crippen molar-refractivity contribution < 1.29 is 0 Å². The topological polar surface area (TPSA) is 35.6 Å². The monoisotopic (exact) mass is 630 g/mol. The van der Waals surface area contributed by atoms with Crippen molar-refractivity contribution in [2.45, 2.75) is 79.1 Å². The van der Waals surface area contributed by atoms with E-state index in [1.54, 1.807) is 0 Å². The number of imidazole rings is 2. The van der Waals surface area contributed by atoms with E-state index in [-0.39, 0.29) is 0 Å². The summed E-state index contributed by atoms with van der Waals surface area (Å²) in [5, 5.41) is 0. The molecule has 0 amide bonds. The fourth-order valence-corrected chi connectivity index (χ4v) is 7.20. The van der Waals surface area contributed by atoms with Crippen LogP contribution in [0.2, 0.25) is 0 Å². The molecule has 242 valence electrons. The number of hydrogen-bond donors (Lipinski definition) is 0. The zero-order valence-electron chi connectivity index (χ0n) is 29.5. The van der Waals surface area contributed by atoms with Crippen molar-refractivity contribution in [1.29, 1.82) is 0 Å². The van der Waals surface area contributed by atoms with E-state index in [0.29, 0.717) is 23.7 Å². The molecular weight excluding hydrogens is 585 g/mol. The average molecular weight is 631 g/mol. The van der Waals surface area contributed by atoms with Gasteiger partial charge in [0.05, 0.1) is 33.4 Å². The van der Waals surface area contributed by atoms with Crippen LogP contribution in [-0.4, -0.2) is 19.1 Å². The van der Waals surface area contributed by atoms with Crippen molar-refractivity contribution >= 4 is 22.1 Å². The van der Waals surface area contributed by atoms with Crippen molar-refractivity contribution in [2.75, 3.05) is 0 Å². The van der Waals surface area contributed by atoms with E-state index in [2.05, 4.69) is 174 Å². The van der Waals surface area contributed by atoms with Gasteiger partial charge in [-0.3, -0.25) is 9.13 Å². The molecule has 0 aliphatic rings. The van der Waals surface area contributed by atoms with E-state index in [1.807, 2.05) is 0 Å². The van der Waals surface area contributed by atoms with Gasteiger partial charge in [-0.15, -0.1) is 0 Å². The number of hydrogen-bond acceptors (Lipinski definition) is 2. The molecule has 0 aliphatic heterocycles. The lowest BCUT2D eigenvalue weighted by Gasteiger charge is -2.23. The summed E-state index contributed by atoms with van der Waals surface area (Å²) in [6, 6.07) is 39.4. The fraction of sp³-hybridized carbons (Fsp3) is 0.273. The molecule has 0 spiro atoms. The largest absolute Gasteiger partial charge is 0.292 e. The Bertz CT molecular complexity index is 2030. The summed E-state index contributed by atoms with van der Waals surface area (Å²) in [6.07, 6.45) is 0. The quantitative estimate of drug-likeness (QED) is 0.167. The molecule has 4 heteroatoms. The van der Waals surface area contributed by atoms with Crippen LogP contribution in [0, 0.1) is 0 Å². The zero-order valence-corrected chi connectivity index (χ0v) is 29.5. The molecule has 0 saturated heterocycles.